The second-order valence-corrected chi connectivity index (χ2v) is 7.15. The van der Waals surface area contributed by atoms with E-state index in [-0.39, 0.29) is 24.3 Å². The van der Waals surface area contributed by atoms with Gasteiger partial charge in [-0.1, -0.05) is 26.2 Å². The van der Waals surface area contributed by atoms with Crippen molar-refractivity contribution in [2.45, 2.75) is 52.4 Å². The van der Waals surface area contributed by atoms with Crippen LogP contribution in [0.1, 0.15) is 50.3 Å². The van der Waals surface area contributed by atoms with Crippen LogP contribution in [-0.2, 0) is 9.59 Å². The number of amides is 2. The van der Waals surface area contributed by atoms with Crippen LogP contribution in [0.25, 0.3) is 0 Å². The molecule has 0 radical (unpaired) electrons. The van der Waals surface area contributed by atoms with Gasteiger partial charge >= 0.3 is 0 Å². The van der Waals surface area contributed by atoms with E-state index in [2.05, 4.69) is 10.3 Å². The van der Waals surface area contributed by atoms with Gasteiger partial charge in [-0.25, -0.2) is 4.98 Å². The maximum atomic E-state index is 12.6. The molecular weight excluding hydrogens is 298 g/mol. The molecule has 1 aromatic heterocycles. The first kappa shape index (κ1) is 16.9. The zero-order valence-corrected chi connectivity index (χ0v) is 14.2. The number of aryl methyl sites for hydroxylation is 1. The third-order valence-electron chi connectivity index (χ3n) is 3.96. The van der Waals surface area contributed by atoms with E-state index < -0.39 is 0 Å². The second-order valence-electron chi connectivity index (χ2n) is 5.92. The highest BCUT2D eigenvalue weighted by atomic mass is 32.1. The number of carbonyl (C=O) groups excluding carboxylic acids is 2. The SMILES string of the molecule is CCCN(CC(=O)Nc1ncc(C)s1)C(=O)C1CCCCC1. The van der Waals surface area contributed by atoms with E-state index in [1.54, 1.807) is 11.1 Å². The molecule has 1 fully saturated rings. The molecule has 0 unspecified atom stereocenters. The summed E-state index contributed by atoms with van der Waals surface area (Å²) in [7, 11) is 0. The smallest absolute Gasteiger partial charge is 0.245 e. The number of aromatic nitrogens is 1. The summed E-state index contributed by atoms with van der Waals surface area (Å²) in [6.07, 6.45) is 8.00. The quantitative estimate of drug-likeness (QED) is 0.874. The molecule has 1 heterocycles. The highest BCUT2D eigenvalue weighted by molar-refractivity contribution is 7.15. The van der Waals surface area contributed by atoms with Crippen molar-refractivity contribution in [2.24, 2.45) is 5.92 Å². The van der Waals surface area contributed by atoms with Crippen molar-refractivity contribution in [1.29, 1.82) is 0 Å². The van der Waals surface area contributed by atoms with E-state index in [1.165, 1.54) is 17.8 Å². The number of carbonyl (C=O) groups is 2. The highest BCUT2D eigenvalue weighted by Gasteiger charge is 2.26. The van der Waals surface area contributed by atoms with Gasteiger partial charge in [0.1, 0.15) is 0 Å². The summed E-state index contributed by atoms with van der Waals surface area (Å²) in [6.45, 7) is 4.74. The number of hydrogen-bond acceptors (Lipinski definition) is 4. The summed E-state index contributed by atoms with van der Waals surface area (Å²) < 4.78 is 0. The van der Waals surface area contributed by atoms with Crippen molar-refractivity contribution in [3.63, 3.8) is 0 Å². The van der Waals surface area contributed by atoms with Crippen LogP contribution in [0.15, 0.2) is 6.20 Å². The van der Waals surface area contributed by atoms with Crippen LogP contribution in [0.3, 0.4) is 0 Å². The number of nitrogens with zero attached hydrogens (tertiary/aromatic N) is 2. The Kier molecular flexibility index (Phi) is 6.36. The zero-order valence-electron chi connectivity index (χ0n) is 13.4. The molecule has 0 aromatic carbocycles. The van der Waals surface area contributed by atoms with Crippen LogP contribution in [0, 0.1) is 12.8 Å². The van der Waals surface area contributed by atoms with E-state index in [0.29, 0.717) is 11.7 Å². The molecule has 1 aliphatic carbocycles. The molecule has 2 amide bonds. The zero-order chi connectivity index (χ0) is 15.9. The Morgan fingerprint density at radius 2 is 2.09 bits per heavy atom. The van der Waals surface area contributed by atoms with Gasteiger partial charge in [0.05, 0.1) is 6.54 Å². The molecule has 1 aliphatic rings. The fraction of sp³-hybridized carbons (Fsp3) is 0.688. The topological polar surface area (TPSA) is 62.3 Å². The van der Waals surface area contributed by atoms with Crippen molar-refractivity contribution >= 4 is 28.3 Å². The van der Waals surface area contributed by atoms with Gasteiger partial charge in [-0.2, -0.15) is 0 Å². The number of nitrogens with one attached hydrogen (secondary N) is 1. The fourth-order valence-corrected chi connectivity index (χ4v) is 3.57. The van der Waals surface area contributed by atoms with Crippen molar-refractivity contribution in [1.82, 2.24) is 9.88 Å². The number of hydrogen-bond donors (Lipinski definition) is 1. The molecule has 0 saturated heterocycles. The second kappa shape index (κ2) is 8.27. The predicted octanol–water partition coefficient (Wildman–Crippen LogP) is 3.21. The lowest BCUT2D eigenvalue weighted by molar-refractivity contribution is -0.139. The van der Waals surface area contributed by atoms with Gasteiger partial charge in [-0.3, -0.25) is 9.59 Å². The molecule has 0 spiro atoms. The van der Waals surface area contributed by atoms with E-state index in [1.807, 2.05) is 13.8 Å². The number of rotatable bonds is 6. The Labute approximate surface area is 136 Å². The van der Waals surface area contributed by atoms with E-state index >= 15 is 0 Å². The highest BCUT2D eigenvalue weighted by Crippen LogP contribution is 2.25. The van der Waals surface area contributed by atoms with Crippen molar-refractivity contribution in [3.05, 3.63) is 11.1 Å². The summed E-state index contributed by atoms with van der Waals surface area (Å²) >= 11 is 1.45. The Bertz CT molecular complexity index is 509. The van der Waals surface area contributed by atoms with E-state index in [9.17, 15) is 9.59 Å². The molecule has 122 valence electrons. The van der Waals surface area contributed by atoms with Gasteiger partial charge in [0, 0.05) is 23.5 Å². The summed E-state index contributed by atoms with van der Waals surface area (Å²) in [4.78, 5) is 31.7. The average Bonchev–Trinajstić information content (AvgIpc) is 2.92. The Morgan fingerprint density at radius 1 is 1.36 bits per heavy atom. The van der Waals surface area contributed by atoms with Crippen molar-refractivity contribution in [2.75, 3.05) is 18.4 Å². The summed E-state index contributed by atoms with van der Waals surface area (Å²) in [5, 5.41) is 3.38. The monoisotopic (exact) mass is 323 g/mol. The lowest BCUT2D eigenvalue weighted by Crippen LogP contribution is -2.42. The van der Waals surface area contributed by atoms with E-state index in [0.717, 1.165) is 37.0 Å². The van der Waals surface area contributed by atoms with Gasteiger partial charge in [-0.15, -0.1) is 11.3 Å². The summed E-state index contributed by atoms with van der Waals surface area (Å²) in [5.41, 5.74) is 0. The molecular formula is C16H25N3O2S. The number of anilines is 1. The first-order valence-corrected chi connectivity index (χ1v) is 8.93. The number of thiazole rings is 1. The third kappa shape index (κ3) is 4.80. The molecule has 5 nitrogen and oxygen atoms in total. The molecule has 1 saturated carbocycles. The van der Waals surface area contributed by atoms with Crippen LogP contribution in [0.2, 0.25) is 0 Å². The van der Waals surface area contributed by atoms with Crippen LogP contribution in [0.5, 0.6) is 0 Å². The molecule has 22 heavy (non-hydrogen) atoms. The molecule has 0 bridgehead atoms. The first-order chi connectivity index (χ1) is 10.6. The van der Waals surface area contributed by atoms with Crippen LogP contribution in [0.4, 0.5) is 5.13 Å². The maximum Gasteiger partial charge on any atom is 0.245 e. The lowest BCUT2D eigenvalue weighted by atomic mass is 9.88. The standard InChI is InChI=1S/C16H25N3O2S/c1-3-9-19(15(21)13-7-5-4-6-8-13)11-14(20)18-16-17-10-12(2)22-16/h10,13H,3-9,11H2,1-2H3,(H,17,18,20). The van der Waals surface area contributed by atoms with Crippen LogP contribution in [-0.4, -0.2) is 34.8 Å². The average molecular weight is 323 g/mol. The normalized spacial score (nSPS) is 15.5. The van der Waals surface area contributed by atoms with Gasteiger partial charge in [-0.05, 0) is 26.2 Å². The van der Waals surface area contributed by atoms with E-state index in [4.69, 9.17) is 0 Å². The maximum absolute atomic E-state index is 12.6. The largest absolute Gasteiger partial charge is 0.333 e. The first-order valence-electron chi connectivity index (χ1n) is 8.11. The minimum Gasteiger partial charge on any atom is -0.333 e. The molecule has 1 aromatic rings. The summed E-state index contributed by atoms with van der Waals surface area (Å²) in [6, 6.07) is 0. The minimum absolute atomic E-state index is 0.107. The molecule has 2 rings (SSSR count). The van der Waals surface area contributed by atoms with Crippen molar-refractivity contribution in [3.8, 4) is 0 Å². The van der Waals surface area contributed by atoms with Gasteiger partial charge in [0.2, 0.25) is 11.8 Å². The third-order valence-corrected chi connectivity index (χ3v) is 4.79. The fourth-order valence-electron chi connectivity index (χ4n) is 2.89. The van der Waals surface area contributed by atoms with Gasteiger partial charge in [0.15, 0.2) is 5.13 Å². The van der Waals surface area contributed by atoms with Gasteiger partial charge in [0.25, 0.3) is 0 Å². The molecule has 6 heteroatoms. The minimum atomic E-state index is -0.160. The Morgan fingerprint density at radius 3 is 2.68 bits per heavy atom. The molecule has 1 N–H and O–H groups in total. The van der Waals surface area contributed by atoms with Crippen LogP contribution >= 0.6 is 11.3 Å². The Balaban J connectivity index is 1.92. The predicted molar refractivity (Wildman–Crippen MR) is 88.9 cm³/mol. The van der Waals surface area contributed by atoms with Gasteiger partial charge < -0.3 is 10.2 Å². The van der Waals surface area contributed by atoms with Crippen molar-refractivity contribution < 1.29 is 9.59 Å². The van der Waals surface area contributed by atoms with Crippen LogP contribution < -0.4 is 5.32 Å². The summed E-state index contributed by atoms with van der Waals surface area (Å²) in [5.74, 6) is 0.0918. The Hall–Kier alpha value is -1.43. The lowest BCUT2D eigenvalue weighted by Gasteiger charge is -2.28. The molecule has 0 atom stereocenters. The molecule has 0 aliphatic heterocycles.